The normalized spacial score (nSPS) is 17.4. The Hall–Kier alpha value is -2.24. The molecule has 4 rings (SSSR count). The number of aryl methyl sites for hydroxylation is 1. The average Bonchev–Trinajstić information content (AvgIpc) is 2.73. The molecule has 2 heterocycles. The first-order valence-electron chi connectivity index (χ1n) is 9.84. The van der Waals surface area contributed by atoms with E-state index in [0.29, 0.717) is 6.54 Å². The number of halogens is 1. The van der Waals surface area contributed by atoms with Crippen LogP contribution < -0.4 is 14.5 Å². The number of hydrogen-bond acceptors (Lipinski definition) is 4. The zero-order valence-electron chi connectivity index (χ0n) is 16.2. The Morgan fingerprint density at radius 3 is 2.64 bits per heavy atom. The lowest BCUT2D eigenvalue weighted by Crippen LogP contribution is -2.50. The summed E-state index contributed by atoms with van der Waals surface area (Å²) >= 11 is 6.11. The number of benzene rings is 2. The Labute approximate surface area is 171 Å². The molecule has 0 aromatic heterocycles. The third-order valence-electron chi connectivity index (χ3n) is 5.61. The Bertz CT molecular complexity index is 849. The minimum atomic E-state index is 0.183. The standard InChI is InChI=1S/C22H26ClN3O2/c1-28-20-7-8-21-17(14-20)4-3-9-26(21)22(27)16-24-10-12-25(13-11-24)19-6-2-5-18(23)15-19/h2,5-8,14-15H,3-4,9-13,16H2,1H3. The molecule has 0 atom stereocenters. The number of rotatable bonds is 4. The van der Waals surface area contributed by atoms with E-state index in [1.165, 1.54) is 5.56 Å². The van der Waals surface area contributed by atoms with Crippen molar-refractivity contribution < 1.29 is 9.53 Å². The van der Waals surface area contributed by atoms with E-state index < -0.39 is 0 Å². The second kappa shape index (κ2) is 8.41. The molecule has 2 aromatic carbocycles. The fraction of sp³-hybridized carbons (Fsp3) is 0.409. The number of methoxy groups -OCH3 is 1. The minimum Gasteiger partial charge on any atom is -0.497 e. The summed E-state index contributed by atoms with van der Waals surface area (Å²) in [6, 6.07) is 14.0. The molecule has 0 radical (unpaired) electrons. The number of carbonyl (C=O) groups is 1. The van der Waals surface area contributed by atoms with Crippen molar-refractivity contribution >= 4 is 28.9 Å². The summed E-state index contributed by atoms with van der Waals surface area (Å²) < 4.78 is 5.33. The summed E-state index contributed by atoms with van der Waals surface area (Å²) in [5.41, 5.74) is 3.39. The number of ether oxygens (including phenoxy) is 1. The van der Waals surface area contributed by atoms with Gasteiger partial charge in [0.05, 0.1) is 13.7 Å². The van der Waals surface area contributed by atoms with Crippen molar-refractivity contribution in [2.45, 2.75) is 12.8 Å². The quantitative estimate of drug-likeness (QED) is 0.789. The average molecular weight is 400 g/mol. The van der Waals surface area contributed by atoms with Crippen molar-refractivity contribution in [3.63, 3.8) is 0 Å². The molecule has 0 saturated carbocycles. The second-order valence-corrected chi connectivity index (χ2v) is 7.82. The number of fused-ring (bicyclic) bond motifs is 1. The first-order chi connectivity index (χ1) is 13.6. The van der Waals surface area contributed by atoms with E-state index in [2.05, 4.69) is 21.9 Å². The van der Waals surface area contributed by atoms with Crippen molar-refractivity contribution in [1.82, 2.24) is 4.90 Å². The largest absolute Gasteiger partial charge is 0.497 e. The highest BCUT2D eigenvalue weighted by Crippen LogP contribution is 2.30. The summed E-state index contributed by atoms with van der Waals surface area (Å²) in [6.45, 7) is 4.82. The highest BCUT2D eigenvalue weighted by molar-refractivity contribution is 6.30. The van der Waals surface area contributed by atoms with E-state index in [-0.39, 0.29) is 5.91 Å². The van der Waals surface area contributed by atoms with Crippen LogP contribution in [-0.2, 0) is 11.2 Å². The molecule has 1 fully saturated rings. The highest BCUT2D eigenvalue weighted by Gasteiger charge is 2.26. The Balaban J connectivity index is 1.37. The summed E-state index contributed by atoms with van der Waals surface area (Å²) in [5, 5.41) is 0.760. The van der Waals surface area contributed by atoms with Gasteiger partial charge in [-0.2, -0.15) is 0 Å². The van der Waals surface area contributed by atoms with Gasteiger partial charge in [-0.05, 0) is 54.8 Å². The van der Waals surface area contributed by atoms with Gasteiger partial charge in [0.15, 0.2) is 0 Å². The Kier molecular flexibility index (Phi) is 5.74. The molecule has 6 heteroatoms. The monoisotopic (exact) mass is 399 g/mol. The highest BCUT2D eigenvalue weighted by atomic mass is 35.5. The van der Waals surface area contributed by atoms with Crippen LogP contribution in [0, 0.1) is 0 Å². The lowest BCUT2D eigenvalue weighted by Gasteiger charge is -2.37. The van der Waals surface area contributed by atoms with Gasteiger partial charge in [0.1, 0.15) is 5.75 Å². The summed E-state index contributed by atoms with van der Waals surface area (Å²) in [4.78, 5) is 19.5. The molecule has 28 heavy (non-hydrogen) atoms. The van der Waals surface area contributed by atoms with Crippen molar-refractivity contribution in [3.8, 4) is 5.75 Å². The van der Waals surface area contributed by atoms with E-state index in [4.69, 9.17) is 16.3 Å². The van der Waals surface area contributed by atoms with Crippen LogP contribution in [0.1, 0.15) is 12.0 Å². The molecule has 2 aliphatic rings. The molecule has 0 aliphatic carbocycles. The SMILES string of the molecule is COc1ccc2c(c1)CCCN2C(=O)CN1CCN(c2cccc(Cl)c2)CC1. The molecule has 2 aromatic rings. The predicted octanol–water partition coefficient (Wildman–Crippen LogP) is 3.45. The Morgan fingerprint density at radius 2 is 1.89 bits per heavy atom. The maximum atomic E-state index is 13.0. The zero-order valence-corrected chi connectivity index (χ0v) is 17.0. The van der Waals surface area contributed by atoms with Gasteiger partial charge in [0.25, 0.3) is 0 Å². The minimum absolute atomic E-state index is 0.183. The molecular formula is C22H26ClN3O2. The lowest BCUT2D eigenvalue weighted by molar-refractivity contribution is -0.119. The molecule has 0 spiro atoms. The van der Waals surface area contributed by atoms with Crippen LogP contribution in [0.2, 0.25) is 5.02 Å². The van der Waals surface area contributed by atoms with Gasteiger partial charge < -0.3 is 14.5 Å². The summed E-state index contributed by atoms with van der Waals surface area (Å²) in [6.07, 6.45) is 1.99. The predicted molar refractivity (Wildman–Crippen MR) is 114 cm³/mol. The molecule has 148 valence electrons. The van der Waals surface area contributed by atoms with Gasteiger partial charge in [-0.3, -0.25) is 9.69 Å². The van der Waals surface area contributed by atoms with Crippen LogP contribution in [0.25, 0.3) is 0 Å². The third kappa shape index (κ3) is 4.10. The first kappa shape index (κ1) is 19.1. The van der Waals surface area contributed by atoms with Gasteiger partial charge >= 0.3 is 0 Å². The number of nitrogens with zero attached hydrogens (tertiary/aromatic N) is 3. The van der Waals surface area contributed by atoms with Crippen molar-refractivity contribution in [2.75, 3.05) is 56.2 Å². The molecule has 0 bridgehead atoms. The van der Waals surface area contributed by atoms with E-state index in [0.717, 1.165) is 67.7 Å². The molecule has 0 unspecified atom stereocenters. The van der Waals surface area contributed by atoms with Crippen LogP contribution in [0.4, 0.5) is 11.4 Å². The molecule has 5 nitrogen and oxygen atoms in total. The van der Waals surface area contributed by atoms with Crippen LogP contribution in [0.3, 0.4) is 0 Å². The number of hydrogen-bond donors (Lipinski definition) is 0. The third-order valence-corrected chi connectivity index (χ3v) is 5.85. The van der Waals surface area contributed by atoms with Gasteiger partial charge in [-0.25, -0.2) is 0 Å². The maximum absolute atomic E-state index is 13.0. The van der Waals surface area contributed by atoms with Crippen LogP contribution in [-0.4, -0.2) is 57.2 Å². The Morgan fingerprint density at radius 1 is 1.07 bits per heavy atom. The van der Waals surface area contributed by atoms with E-state index in [1.807, 2.05) is 35.2 Å². The van der Waals surface area contributed by atoms with Gasteiger partial charge in [0, 0.05) is 49.1 Å². The number of amides is 1. The van der Waals surface area contributed by atoms with E-state index in [9.17, 15) is 4.79 Å². The maximum Gasteiger partial charge on any atom is 0.241 e. The van der Waals surface area contributed by atoms with Crippen LogP contribution >= 0.6 is 11.6 Å². The molecule has 1 amide bonds. The summed E-state index contributed by atoms with van der Waals surface area (Å²) in [7, 11) is 1.68. The topological polar surface area (TPSA) is 36.0 Å². The van der Waals surface area contributed by atoms with E-state index >= 15 is 0 Å². The molecule has 0 N–H and O–H groups in total. The molecule has 1 saturated heterocycles. The number of anilines is 2. The first-order valence-corrected chi connectivity index (χ1v) is 10.2. The molecular weight excluding hydrogens is 374 g/mol. The number of piperazine rings is 1. The fourth-order valence-electron chi connectivity index (χ4n) is 4.07. The fourth-order valence-corrected chi connectivity index (χ4v) is 4.26. The van der Waals surface area contributed by atoms with Crippen LogP contribution in [0.5, 0.6) is 5.75 Å². The van der Waals surface area contributed by atoms with Crippen LogP contribution in [0.15, 0.2) is 42.5 Å². The second-order valence-electron chi connectivity index (χ2n) is 7.39. The van der Waals surface area contributed by atoms with Gasteiger partial charge in [0.2, 0.25) is 5.91 Å². The number of carbonyl (C=O) groups excluding carboxylic acids is 1. The lowest BCUT2D eigenvalue weighted by atomic mass is 10.0. The van der Waals surface area contributed by atoms with Crippen molar-refractivity contribution in [3.05, 3.63) is 53.1 Å². The van der Waals surface area contributed by atoms with Crippen molar-refractivity contribution in [2.24, 2.45) is 0 Å². The smallest absolute Gasteiger partial charge is 0.241 e. The van der Waals surface area contributed by atoms with Crippen molar-refractivity contribution in [1.29, 1.82) is 0 Å². The zero-order chi connectivity index (χ0) is 19.5. The van der Waals surface area contributed by atoms with Gasteiger partial charge in [-0.1, -0.05) is 17.7 Å². The molecule has 2 aliphatic heterocycles. The summed E-state index contributed by atoms with van der Waals surface area (Å²) in [5.74, 6) is 1.03. The van der Waals surface area contributed by atoms with E-state index in [1.54, 1.807) is 7.11 Å². The van der Waals surface area contributed by atoms with Gasteiger partial charge in [-0.15, -0.1) is 0 Å².